The van der Waals surface area contributed by atoms with Crippen molar-refractivity contribution in [1.82, 2.24) is 25.6 Å². The number of aromatic nitrogens is 3. The standard InChI is InChI=1S/C16H22N6OS/c1-12-20-14(11-24-12)5-8-19-16(23)21-13-4-2-9-22(10-13)15-17-6-3-7-18-15/h3,6-7,11,13H,2,4-5,8-10H2,1H3,(H2,19,21,23)/t13-/m0/s1. The molecular formula is C16H22N6OS. The summed E-state index contributed by atoms with van der Waals surface area (Å²) in [5.74, 6) is 0.725. The zero-order chi connectivity index (χ0) is 16.8. The minimum absolute atomic E-state index is 0.115. The van der Waals surface area contributed by atoms with E-state index in [1.54, 1.807) is 29.8 Å². The zero-order valence-electron chi connectivity index (χ0n) is 13.7. The number of hydrogen-bond donors (Lipinski definition) is 2. The number of piperidine rings is 1. The highest BCUT2D eigenvalue weighted by Crippen LogP contribution is 2.15. The second-order valence-electron chi connectivity index (χ2n) is 5.84. The fourth-order valence-corrected chi connectivity index (χ4v) is 3.44. The molecule has 1 aliphatic rings. The van der Waals surface area contributed by atoms with Crippen molar-refractivity contribution in [2.45, 2.75) is 32.2 Å². The van der Waals surface area contributed by atoms with Gasteiger partial charge in [0.2, 0.25) is 5.95 Å². The summed E-state index contributed by atoms with van der Waals surface area (Å²) in [6.45, 7) is 4.24. The van der Waals surface area contributed by atoms with Gasteiger partial charge in [0.15, 0.2) is 0 Å². The molecule has 8 heteroatoms. The van der Waals surface area contributed by atoms with Crippen LogP contribution in [-0.4, -0.2) is 46.7 Å². The van der Waals surface area contributed by atoms with Crippen molar-refractivity contribution in [1.29, 1.82) is 0 Å². The molecule has 1 atom stereocenters. The summed E-state index contributed by atoms with van der Waals surface area (Å²) in [6.07, 6.45) is 6.23. The van der Waals surface area contributed by atoms with Crippen LogP contribution >= 0.6 is 11.3 Å². The van der Waals surface area contributed by atoms with E-state index < -0.39 is 0 Å². The molecule has 0 aromatic carbocycles. The molecule has 0 radical (unpaired) electrons. The molecule has 0 aliphatic carbocycles. The maximum atomic E-state index is 12.1. The van der Waals surface area contributed by atoms with Crippen LogP contribution in [0.4, 0.5) is 10.7 Å². The topological polar surface area (TPSA) is 83.0 Å². The molecule has 1 aliphatic heterocycles. The lowest BCUT2D eigenvalue weighted by atomic mass is 10.1. The number of carbonyl (C=O) groups excluding carboxylic acids is 1. The van der Waals surface area contributed by atoms with E-state index in [0.717, 1.165) is 49.0 Å². The summed E-state index contributed by atoms with van der Waals surface area (Å²) in [5, 5.41) is 9.04. The highest BCUT2D eigenvalue weighted by Gasteiger charge is 2.22. The lowest BCUT2D eigenvalue weighted by Crippen LogP contribution is -2.51. The maximum Gasteiger partial charge on any atom is 0.315 e. The van der Waals surface area contributed by atoms with Gasteiger partial charge in [0.1, 0.15) is 0 Å². The fraction of sp³-hybridized carbons (Fsp3) is 0.500. The Bertz CT molecular complexity index is 662. The third-order valence-corrected chi connectivity index (χ3v) is 4.75. The smallest absolute Gasteiger partial charge is 0.315 e. The summed E-state index contributed by atoms with van der Waals surface area (Å²) in [5.41, 5.74) is 1.03. The van der Waals surface area contributed by atoms with Crippen molar-refractivity contribution in [2.24, 2.45) is 0 Å². The predicted molar refractivity (Wildman–Crippen MR) is 94.4 cm³/mol. The van der Waals surface area contributed by atoms with Gasteiger partial charge in [-0.25, -0.2) is 19.7 Å². The summed E-state index contributed by atoms with van der Waals surface area (Å²) in [4.78, 5) is 27.1. The summed E-state index contributed by atoms with van der Waals surface area (Å²) < 4.78 is 0. The highest BCUT2D eigenvalue weighted by atomic mass is 32.1. The van der Waals surface area contributed by atoms with Crippen molar-refractivity contribution in [3.8, 4) is 0 Å². The van der Waals surface area contributed by atoms with E-state index in [0.29, 0.717) is 6.54 Å². The van der Waals surface area contributed by atoms with E-state index in [1.165, 1.54) is 0 Å². The molecule has 0 spiro atoms. The number of nitrogens with one attached hydrogen (secondary N) is 2. The summed E-state index contributed by atoms with van der Waals surface area (Å²) in [6, 6.07) is 1.80. The van der Waals surface area contributed by atoms with Gasteiger partial charge < -0.3 is 15.5 Å². The number of carbonyl (C=O) groups is 1. The number of rotatable bonds is 5. The number of nitrogens with zero attached hydrogens (tertiary/aromatic N) is 4. The molecule has 3 heterocycles. The maximum absolute atomic E-state index is 12.1. The number of hydrogen-bond acceptors (Lipinski definition) is 6. The van der Waals surface area contributed by atoms with Crippen molar-refractivity contribution < 1.29 is 4.79 Å². The molecule has 2 aromatic rings. The van der Waals surface area contributed by atoms with Crippen LogP contribution in [0.1, 0.15) is 23.5 Å². The van der Waals surface area contributed by atoms with Crippen LogP contribution in [0.15, 0.2) is 23.8 Å². The van der Waals surface area contributed by atoms with Gasteiger partial charge in [-0.2, -0.15) is 0 Å². The Morgan fingerprint density at radius 2 is 2.25 bits per heavy atom. The van der Waals surface area contributed by atoms with Crippen LogP contribution in [-0.2, 0) is 6.42 Å². The van der Waals surface area contributed by atoms with Crippen LogP contribution in [0.3, 0.4) is 0 Å². The minimum Gasteiger partial charge on any atom is -0.339 e. The normalized spacial score (nSPS) is 17.5. The molecule has 3 rings (SSSR count). The van der Waals surface area contributed by atoms with Gasteiger partial charge in [-0.3, -0.25) is 0 Å². The Morgan fingerprint density at radius 3 is 3.00 bits per heavy atom. The van der Waals surface area contributed by atoms with E-state index in [-0.39, 0.29) is 12.1 Å². The van der Waals surface area contributed by atoms with Gasteiger partial charge in [0.25, 0.3) is 0 Å². The van der Waals surface area contributed by atoms with Crippen LogP contribution in [0.5, 0.6) is 0 Å². The van der Waals surface area contributed by atoms with Gasteiger partial charge in [0, 0.05) is 49.9 Å². The molecule has 128 valence electrons. The van der Waals surface area contributed by atoms with Gasteiger partial charge in [-0.05, 0) is 25.8 Å². The first-order valence-corrected chi connectivity index (χ1v) is 9.06. The molecule has 0 unspecified atom stereocenters. The molecule has 7 nitrogen and oxygen atoms in total. The van der Waals surface area contributed by atoms with Gasteiger partial charge in [-0.1, -0.05) is 0 Å². The summed E-state index contributed by atoms with van der Waals surface area (Å²) >= 11 is 1.63. The van der Waals surface area contributed by atoms with E-state index in [9.17, 15) is 4.79 Å². The van der Waals surface area contributed by atoms with Crippen LogP contribution < -0.4 is 15.5 Å². The number of amides is 2. The first-order valence-electron chi connectivity index (χ1n) is 8.18. The third kappa shape index (κ3) is 4.64. The fourth-order valence-electron chi connectivity index (χ4n) is 2.79. The van der Waals surface area contributed by atoms with Crippen molar-refractivity contribution in [2.75, 3.05) is 24.5 Å². The highest BCUT2D eigenvalue weighted by molar-refractivity contribution is 7.09. The largest absolute Gasteiger partial charge is 0.339 e. The van der Waals surface area contributed by atoms with Gasteiger partial charge >= 0.3 is 6.03 Å². The van der Waals surface area contributed by atoms with E-state index in [2.05, 4.69) is 30.5 Å². The summed E-state index contributed by atoms with van der Waals surface area (Å²) in [7, 11) is 0. The number of urea groups is 1. The number of aryl methyl sites for hydroxylation is 1. The average molecular weight is 346 g/mol. The lowest BCUT2D eigenvalue weighted by Gasteiger charge is -2.33. The first kappa shape index (κ1) is 16.6. The molecule has 24 heavy (non-hydrogen) atoms. The van der Waals surface area contributed by atoms with Gasteiger partial charge in [0.05, 0.1) is 10.7 Å². The molecule has 2 N–H and O–H groups in total. The molecule has 0 saturated carbocycles. The minimum atomic E-state index is -0.122. The average Bonchev–Trinajstić information content (AvgIpc) is 3.01. The van der Waals surface area contributed by atoms with Crippen molar-refractivity contribution in [3.05, 3.63) is 34.5 Å². The second-order valence-corrected chi connectivity index (χ2v) is 6.90. The molecule has 2 amide bonds. The SMILES string of the molecule is Cc1nc(CCNC(=O)N[C@H]2CCCN(c3ncccn3)C2)cs1. The van der Waals surface area contributed by atoms with E-state index in [4.69, 9.17) is 0 Å². The number of thiazole rings is 1. The third-order valence-electron chi connectivity index (χ3n) is 3.92. The molecule has 1 saturated heterocycles. The number of anilines is 1. The molecule has 1 fully saturated rings. The molecular weight excluding hydrogens is 324 g/mol. The Balaban J connectivity index is 1.42. The van der Waals surface area contributed by atoms with Crippen molar-refractivity contribution >= 4 is 23.3 Å². The van der Waals surface area contributed by atoms with Crippen LogP contribution in [0.2, 0.25) is 0 Å². The predicted octanol–water partition coefficient (Wildman–Crippen LogP) is 1.75. The first-order chi connectivity index (χ1) is 11.7. The molecule has 2 aromatic heterocycles. The van der Waals surface area contributed by atoms with Crippen molar-refractivity contribution in [3.63, 3.8) is 0 Å². The quantitative estimate of drug-likeness (QED) is 0.862. The Morgan fingerprint density at radius 1 is 1.42 bits per heavy atom. The second kappa shape index (κ2) is 8.05. The van der Waals surface area contributed by atoms with Crippen LogP contribution in [0.25, 0.3) is 0 Å². The van der Waals surface area contributed by atoms with Crippen LogP contribution in [0, 0.1) is 6.92 Å². The Hall–Kier alpha value is -2.22. The zero-order valence-corrected chi connectivity index (χ0v) is 14.6. The van der Waals surface area contributed by atoms with Gasteiger partial charge in [-0.15, -0.1) is 11.3 Å². The Labute approximate surface area is 145 Å². The molecule has 0 bridgehead atoms. The monoisotopic (exact) mass is 346 g/mol. The Kier molecular flexibility index (Phi) is 5.58. The lowest BCUT2D eigenvalue weighted by molar-refractivity contribution is 0.235. The van der Waals surface area contributed by atoms with E-state index in [1.807, 2.05) is 12.3 Å². The van der Waals surface area contributed by atoms with E-state index >= 15 is 0 Å².